The fraction of sp³-hybridized carbons (Fsp3) is 0.562. The minimum Gasteiger partial charge on any atom is -0.383 e. The summed E-state index contributed by atoms with van der Waals surface area (Å²) in [4.78, 5) is 20.2. The predicted molar refractivity (Wildman–Crippen MR) is 85.9 cm³/mol. The maximum absolute atomic E-state index is 12.1. The van der Waals surface area contributed by atoms with E-state index >= 15 is 0 Å². The van der Waals surface area contributed by atoms with Gasteiger partial charge in [0.25, 0.3) is 5.91 Å². The Labute approximate surface area is 131 Å². The molecule has 0 saturated heterocycles. The van der Waals surface area contributed by atoms with Crippen molar-refractivity contribution >= 4 is 11.7 Å². The first-order chi connectivity index (χ1) is 10.8. The Bertz CT molecular complexity index is 517. The van der Waals surface area contributed by atoms with Crippen LogP contribution in [0.4, 0.5) is 5.82 Å². The normalized spacial score (nSPS) is 14.3. The second-order valence-corrected chi connectivity index (χ2v) is 5.32. The van der Waals surface area contributed by atoms with Crippen LogP contribution in [0.15, 0.2) is 24.0 Å². The Morgan fingerprint density at radius 2 is 2.23 bits per heavy atom. The van der Waals surface area contributed by atoms with E-state index in [0.717, 1.165) is 12.8 Å². The number of anilines is 1. The van der Waals surface area contributed by atoms with E-state index in [0.29, 0.717) is 31.2 Å². The van der Waals surface area contributed by atoms with Crippen molar-refractivity contribution in [3.8, 4) is 0 Å². The summed E-state index contributed by atoms with van der Waals surface area (Å²) in [6, 6.07) is 1.66. The fourth-order valence-electron chi connectivity index (χ4n) is 2.42. The lowest BCUT2D eigenvalue weighted by Gasteiger charge is -2.13. The number of allylic oxidation sites excluding steroid dienone is 1. The van der Waals surface area contributed by atoms with Crippen molar-refractivity contribution in [1.29, 1.82) is 0 Å². The number of ether oxygens (including phenoxy) is 1. The zero-order chi connectivity index (χ0) is 15.6. The molecule has 0 aromatic carbocycles. The third-order valence-electron chi connectivity index (χ3n) is 3.63. The van der Waals surface area contributed by atoms with Crippen LogP contribution in [0.3, 0.4) is 0 Å². The largest absolute Gasteiger partial charge is 0.383 e. The van der Waals surface area contributed by atoms with Gasteiger partial charge >= 0.3 is 0 Å². The molecule has 6 heteroatoms. The van der Waals surface area contributed by atoms with Gasteiger partial charge in [0, 0.05) is 26.3 Å². The molecule has 0 saturated carbocycles. The van der Waals surface area contributed by atoms with Crippen molar-refractivity contribution in [2.24, 2.45) is 0 Å². The molecule has 120 valence electrons. The van der Waals surface area contributed by atoms with Crippen LogP contribution >= 0.6 is 0 Å². The number of hydrogen-bond acceptors (Lipinski definition) is 5. The number of methoxy groups -OCH3 is 1. The number of aromatic nitrogens is 2. The Morgan fingerprint density at radius 3 is 3.00 bits per heavy atom. The monoisotopic (exact) mass is 304 g/mol. The molecule has 0 spiro atoms. The molecule has 1 aliphatic carbocycles. The molecule has 0 unspecified atom stereocenters. The molecule has 1 amide bonds. The number of carbonyl (C=O) groups is 1. The Kier molecular flexibility index (Phi) is 6.83. The highest BCUT2D eigenvalue weighted by Crippen LogP contribution is 2.19. The molecule has 0 atom stereocenters. The number of hydrogen-bond donors (Lipinski definition) is 2. The first kappa shape index (κ1) is 16.4. The van der Waals surface area contributed by atoms with Gasteiger partial charge in [0.2, 0.25) is 0 Å². The zero-order valence-electron chi connectivity index (χ0n) is 13.1. The maximum atomic E-state index is 12.1. The molecular weight excluding hydrogens is 280 g/mol. The number of nitrogens with zero attached hydrogens (tertiary/aromatic N) is 2. The fourth-order valence-corrected chi connectivity index (χ4v) is 2.42. The smallest absolute Gasteiger partial charge is 0.270 e. The summed E-state index contributed by atoms with van der Waals surface area (Å²) in [6.07, 6.45) is 9.52. The van der Waals surface area contributed by atoms with Crippen LogP contribution in [-0.4, -0.2) is 42.7 Å². The van der Waals surface area contributed by atoms with Crippen LogP contribution in [0.2, 0.25) is 0 Å². The Hall–Kier alpha value is -1.95. The summed E-state index contributed by atoms with van der Waals surface area (Å²) in [5.74, 6) is 0.473. The van der Waals surface area contributed by atoms with Crippen molar-refractivity contribution in [1.82, 2.24) is 15.3 Å². The molecule has 1 aromatic rings. The minimum absolute atomic E-state index is 0.159. The minimum atomic E-state index is -0.159. The van der Waals surface area contributed by atoms with E-state index in [2.05, 4.69) is 26.7 Å². The van der Waals surface area contributed by atoms with Crippen molar-refractivity contribution in [2.45, 2.75) is 32.1 Å². The molecule has 22 heavy (non-hydrogen) atoms. The van der Waals surface area contributed by atoms with E-state index in [1.165, 1.54) is 31.2 Å². The Morgan fingerprint density at radius 1 is 1.32 bits per heavy atom. The van der Waals surface area contributed by atoms with Gasteiger partial charge in [-0.2, -0.15) is 0 Å². The van der Waals surface area contributed by atoms with Crippen LogP contribution < -0.4 is 10.6 Å². The van der Waals surface area contributed by atoms with Gasteiger partial charge in [0.15, 0.2) is 0 Å². The molecule has 6 nitrogen and oxygen atoms in total. The van der Waals surface area contributed by atoms with Crippen LogP contribution in [0.5, 0.6) is 0 Å². The van der Waals surface area contributed by atoms with Gasteiger partial charge in [0.1, 0.15) is 17.8 Å². The highest BCUT2D eigenvalue weighted by atomic mass is 16.5. The van der Waals surface area contributed by atoms with Crippen LogP contribution in [0.1, 0.15) is 42.6 Å². The van der Waals surface area contributed by atoms with E-state index in [1.54, 1.807) is 13.2 Å². The molecule has 0 aliphatic heterocycles. The summed E-state index contributed by atoms with van der Waals surface area (Å²) in [5.41, 5.74) is 1.84. The van der Waals surface area contributed by atoms with Gasteiger partial charge in [-0.05, 0) is 32.1 Å². The van der Waals surface area contributed by atoms with E-state index in [4.69, 9.17) is 4.74 Å². The molecule has 2 rings (SSSR count). The maximum Gasteiger partial charge on any atom is 0.270 e. The van der Waals surface area contributed by atoms with Crippen LogP contribution in [0.25, 0.3) is 0 Å². The lowest BCUT2D eigenvalue weighted by molar-refractivity contribution is 0.0949. The third kappa shape index (κ3) is 5.44. The van der Waals surface area contributed by atoms with Crippen LogP contribution in [0, 0.1) is 0 Å². The van der Waals surface area contributed by atoms with Gasteiger partial charge in [-0.15, -0.1) is 0 Å². The molecule has 1 aliphatic rings. The van der Waals surface area contributed by atoms with Crippen LogP contribution in [-0.2, 0) is 4.74 Å². The van der Waals surface area contributed by atoms with Crippen molar-refractivity contribution < 1.29 is 9.53 Å². The molecule has 0 bridgehead atoms. The molecular formula is C16H24N4O2. The van der Waals surface area contributed by atoms with Gasteiger partial charge in [-0.25, -0.2) is 9.97 Å². The topological polar surface area (TPSA) is 76.1 Å². The van der Waals surface area contributed by atoms with Crippen molar-refractivity contribution in [2.75, 3.05) is 32.1 Å². The van der Waals surface area contributed by atoms with E-state index in [1.807, 2.05) is 0 Å². The van der Waals surface area contributed by atoms with Gasteiger partial charge in [0.05, 0.1) is 6.61 Å². The summed E-state index contributed by atoms with van der Waals surface area (Å²) in [5, 5.41) is 6.00. The van der Waals surface area contributed by atoms with Crippen molar-refractivity contribution in [3.63, 3.8) is 0 Å². The highest BCUT2D eigenvalue weighted by molar-refractivity contribution is 5.92. The number of carbonyl (C=O) groups excluding carboxylic acids is 1. The predicted octanol–water partition coefficient (Wildman–Crippen LogP) is 2.16. The molecule has 1 aromatic heterocycles. The second-order valence-electron chi connectivity index (χ2n) is 5.32. The van der Waals surface area contributed by atoms with Crippen molar-refractivity contribution in [3.05, 3.63) is 29.7 Å². The SMILES string of the molecule is COCCNc1cc(C(=O)NCCC2=CCCCC2)ncn1. The number of nitrogens with one attached hydrogen (secondary N) is 2. The lowest BCUT2D eigenvalue weighted by Crippen LogP contribution is -2.26. The van der Waals surface area contributed by atoms with Gasteiger partial charge in [-0.1, -0.05) is 11.6 Å². The summed E-state index contributed by atoms with van der Waals surface area (Å²) < 4.78 is 4.96. The van der Waals surface area contributed by atoms with E-state index < -0.39 is 0 Å². The first-order valence-corrected chi connectivity index (χ1v) is 7.80. The first-order valence-electron chi connectivity index (χ1n) is 7.80. The molecule has 2 N–H and O–H groups in total. The molecule has 0 fully saturated rings. The quantitative estimate of drug-likeness (QED) is 0.568. The Balaban J connectivity index is 1.78. The number of amides is 1. The lowest BCUT2D eigenvalue weighted by atomic mass is 9.97. The second kappa shape index (κ2) is 9.15. The summed E-state index contributed by atoms with van der Waals surface area (Å²) in [6.45, 7) is 1.88. The molecule has 0 radical (unpaired) electrons. The zero-order valence-corrected chi connectivity index (χ0v) is 13.1. The highest BCUT2D eigenvalue weighted by Gasteiger charge is 2.09. The molecule has 1 heterocycles. The third-order valence-corrected chi connectivity index (χ3v) is 3.63. The van der Waals surface area contributed by atoms with Gasteiger partial charge in [-0.3, -0.25) is 4.79 Å². The van der Waals surface area contributed by atoms with Gasteiger partial charge < -0.3 is 15.4 Å². The number of rotatable bonds is 8. The standard InChI is InChI=1S/C16H24N4O2/c1-22-10-9-17-15-11-14(19-12-20-15)16(21)18-8-7-13-5-3-2-4-6-13/h5,11-12H,2-4,6-10H2,1H3,(H,18,21)(H,17,19,20). The average Bonchev–Trinajstić information content (AvgIpc) is 2.56. The average molecular weight is 304 g/mol. The summed E-state index contributed by atoms with van der Waals surface area (Å²) >= 11 is 0. The van der Waals surface area contributed by atoms with E-state index in [9.17, 15) is 4.79 Å². The van der Waals surface area contributed by atoms with E-state index in [-0.39, 0.29) is 5.91 Å². The summed E-state index contributed by atoms with van der Waals surface area (Å²) in [7, 11) is 1.64.